The van der Waals surface area contributed by atoms with E-state index in [9.17, 15) is 9.90 Å². The molecule has 1 aromatic rings. The maximum atomic E-state index is 11.3. The van der Waals surface area contributed by atoms with Crippen molar-refractivity contribution in [3.8, 4) is 0 Å². The fourth-order valence-electron chi connectivity index (χ4n) is 2.49. The van der Waals surface area contributed by atoms with Crippen molar-refractivity contribution in [2.24, 2.45) is 5.92 Å². The predicted molar refractivity (Wildman–Crippen MR) is 70.1 cm³/mol. The Hall–Kier alpha value is -0.870. The second kappa shape index (κ2) is 5.19. The maximum Gasteiger partial charge on any atom is 0.307 e. The third-order valence-corrected chi connectivity index (χ3v) is 3.90. The summed E-state index contributed by atoms with van der Waals surface area (Å²) in [5, 5.41) is 9.30. The van der Waals surface area contributed by atoms with Crippen molar-refractivity contribution in [2.75, 3.05) is 20.1 Å². The lowest BCUT2D eigenvalue weighted by molar-refractivity contribution is -0.144. The second-order valence-electron chi connectivity index (χ2n) is 4.66. The van der Waals surface area contributed by atoms with Gasteiger partial charge in [-0.1, -0.05) is 28.1 Å². The number of hydrogen-bond donors (Lipinski definition) is 1. The highest BCUT2D eigenvalue weighted by Gasteiger charge is 2.33. The summed E-state index contributed by atoms with van der Waals surface area (Å²) in [5.41, 5.74) is 1.11. The molecule has 17 heavy (non-hydrogen) atoms. The Labute approximate surface area is 110 Å². The average Bonchev–Trinajstić information content (AvgIpc) is 2.28. The summed E-state index contributed by atoms with van der Waals surface area (Å²) in [6.45, 7) is 1.68. The lowest BCUT2D eigenvalue weighted by atomic mass is 9.81. The Morgan fingerprint density at radius 2 is 2.29 bits per heavy atom. The minimum atomic E-state index is -0.678. The van der Waals surface area contributed by atoms with Crippen molar-refractivity contribution in [3.05, 3.63) is 34.3 Å². The number of aliphatic carboxylic acids is 1. The molecule has 1 N–H and O–H groups in total. The zero-order valence-electron chi connectivity index (χ0n) is 9.77. The number of benzene rings is 1. The Kier molecular flexibility index (Phi) is 3.84. The molecule has 0 bridgehead atoms. The van der Waals surface area contributed by atoms with Crippen LogP contribution in [0.5, 0.6) is 0 Å². The predicted octanol–water partition coefficient (Wildman–Crippen LogP) is 2.57. The van der Waals surface area contributed by atoms with Gasteiger partial charge < -0.3 is 10.0 Å². The van der Waals surface area contributed by atoms with Gasteiger partial charge in [0.05, 0.1) is 5.92 Å². The fraction of sp³-hybridized carbons (Fsp3) is 0.462. The second-order valence-corrected chi connectivity index (χ2v) is 5.57. The molecule has 1 aromatic carbocycles. The van der Waals surface area contributed by atoms with Crippen molar-refractivity contribution >= 4 is 21.9 Å². The van der Waals surface area contributed by atoms with Crippen LogP contribution < -0.4 is 0 Å². The Balaban J connectivity index is 2.28. The lowest BCUT2D eigenvalue weighted by Gasteiger charge is -2.34. The fourth-order valence-corrected chi connectivity index (χ4v) is 2.90. The van der Waals surface area contributed by atoms with Crippen LogP contribution in [0.25, 0.3) is 0 Å². The number of carboxylic acid groups (broad SMARTS) is 1. The van der Waals surface area contributed by atoms with Crippen LogP contribution in [0.3, 0.4) is 0 Å². The molecule has 3 nitrogen and oxygen atoms in total. The van der Waals surface area contributed by atoms with E-state index >= 15 is 0 Å². The molecule has 4 heteroatoms. The van der Waals surface area contributed by atoms with Gasteiger partial charge in [0.1, 0.15) is 0 Å². The summed E-state index contributed by atoms with van der Waals surface area (Å²) in [6, 6.07) is 7.98. The molecule has 2 unspecified atom stereocenters. The summed E-state index contributed by atoms with van der Waals surface area (Å²) in [6.07, 6.45) is 0.725. The van der Waals surface area contributed by atoms with Crippen LogP contribution in [0.15, 0.2) is 28.7 Å². The molecule has 1 heterocycles. The van der Waals surface area contributed by atoms with Crippen LogP contribution in [-0.4, -0.2) is 36.1 Å². The van der Waals surface area contributed by atoms with Gasteiger partial charge in [-0.25, -0.2) is 0 Å². The quantitative estimate of drug-likeness (QED) is 0.912. The smallest absolute Gasteiger partial charge is 0.307 e. The van der Waals surface area contributed by atoms with Crippen molar-refractivity contribution < 1.29 is 9.90 Å². The number of hydrogen-bond acceptors (Lipinski definition) is 2. The molecule has 2 atom stereocenters. The van der Waals surface area contributed by atoms with Gasteiger partial charge in [-0.05, 0) is 37.7 Å². The zero-order valence-corrected chi connectivity index (χ0v) is 11.4. The van der Waals surface area contributed by atoms with E-state index < -0.39 is 5.97 Å². The topological polar surface area (TPSA) is 40.5 Å². The molecular formula is C13H16BrNO2. The van der Waals surface area contributed by atoms with Gasteiger partial charge >= 0.3 is 5.97 Å². The van der Waals surface area contributed by atoms with E-state index in [4.69, 9.17) is 0 Å². The van der Waals surface area contributed by atoms with E-state index in [1.165, 1.54) is 0 Å². The first-order chi connectivity index (χ1) is 8.08. The molecule has 0 aliphatic carbocycles. The van der Waals surface area contributed by atoms with Gasteiger partial charge in [0.2, 0.25) is 0 Å². The van der Waals surface area contributed by atoms with Crippen molar-refractivity contribution in [1.29, 1.82) is 0 Å². The number of halogens is 1. The van der Waals surface area contributed by atoms with Crippen LogP contribution >= 0.6 is 15.9 Å². The van der Waals surface area contributed by atoms with Crippen molar-refractivity contribution in [3.63, 3.8) is 0 Å². The van der Waals surface area contributed by atoms with Crippen molar-refractivity contribution in [2.45, 2.75) is 12.3 Å². The van der Waals surface area contributed by atoms with Crippen LogP contribution in [0.4, 0.5) is 0 Å². The summed E-state index contributed by atoms with van der Waals surface area (Å²) < 4.78 is 1.01. The maximum absolute atomic E-state index is 11.3. The molecule has 1 aliphatic rings. The molecule has 0 radical (unpaired) electrons. The molecular weight excluding hydrogens is 282 g/mol. The first kappa shape index (κ1) is 12.6. The highest BCUT2D eigenvalue weighted by atomic mass is 79.9. The third-order valence-electron chi connectivity index (χ3n) is 3.41. The third kappa shape index (κ3) is 2.87. The molecule has 0 saturated carbocycles. The van der Waals surface area contributed by atoms with Gasteiger partial charge in [0, 0.05) is 16.9 Å². The molecule has 0 spiro atoms. The molecule has 1 aliphatic heterocycles. The standard InChI is InChI=1S/C13H16BrNO2/c1-15-6-5-11(13(16)17)12(8-15)9-3-2-4-10(14)7-9/h2-4,7,11-12H,5-6,8H2,1H3,(H,16,17). The van der Waals surface area contributed by atoms with Crippen LogP contribution in [-0.2, 0) is 4.79 Å². The average molecular weight is 298 g/mol. The largest absolute Gasteiger partial charge is 0.481 e. The van der Waals surface area contributed by atoms with Gasteiger partial charge in [-0.3, -0.25) is 4.79 Å². The summed E-state index contributed by atoms with van der Waals surface area (Å²) in [5.74, 6) is -0.854. The number of carboxylic acids is 1. The molecule has 1 fully saturated rings. The van der Waals surface area contributed by atoms with Gasteiger partial charge in [0.25, 0.3) is 0 Å². The van der Waals surface area contributed by atoms with Crippen LogP contribution in [0, 0.1) is 5.92 Å². The van der Waals surface area contributed by atoms with E-state index in [0.29, 0.717) is 0 Å². The van der Waals surface area contributed by atoms with Crippen LogP contribution in [0.1, 0.15) is 17.9 Å². The zero-order chi connectivity index (χ0) is 12.4. The monoisotopic (exact) mass is 297 g/mol. The number of carbonyl (C=O) groups is 1. The number of likely N-dealkylation sites (N-methyl/N-ethyl adjacent to an activating group) is 1. The van der Waals surface area contributed by atoms with Gasteiger partial charge in [0.15, 0.2) is 0 Å². The van der Waals surface area contributed by atoms with E-state index in [1.54, 1.807) is 0 Å². The molecule has 2 rings (SSSR count). The highest BCUT2D eigenvalue weighted by molar-refractivity contribution is 9.10. The number of likely N-dealkylation sites (tertiary alicyclic amines) is 1. The van der Waals surface area contributed by atoms with Gasteiger partial charge in [-0.15, -0.1) is 0 Å². The number of nitrogens with zero attached hydrogens (tertiary/aromatic N) is 1. The number of piperidine rings is 1. The first-order valence-corrected chi connectivity index (χ1v) is 6.54. The van der Waals surface area contributed by atoms with Gasteiger partial charge in [-0.2, -0.15) is 0 Å². The SMILES string of the molecule is CN1CCC(C(=O)O)C(c2cccc(Br)c2)C1. The molecule has 92 valence electrons. The Morgan fingerprint density at radius 3 is 2.94 bits per heavy atom. The van der Waals surface area contributed by atoms with E-state index in [1.807, 2.05) is 31.3 Å². The number of rotatable bonds is 2. The Bertz CT molecular complexity index is 422. The van der Waals surface area contributed by atoms with Crippen LogP contribution in [0.2, 0.25) is 0 Å². The minimum Gasteiger partial charge on any atom is -0.481 e. The highest BCUT2D eigenvalue weighted by Crippen LogP contribution is 2.33. The normalized spacial score (nSPS) is 25.8. The van der Waals surface area contributed by atoms with E-state index in [-0.39, 0.29) is 11.8 Å². The minimum absolute atomic E-state index is 0.0868. The van der Waals surface area contributed by atoms with E-state index in [0.717, 1.165) is 29.5 Å². The summed E-state index contributed by atoms with van der Waals surface area (Å²) in [4.78, 5) is 13.5. The molecule has 1 saturated heterocycles. The van der Waals surface area contributed by atoms with E-state index in [2.05, 4.69) is 20.8 Å². The summed E-state index contributed by atoms with van der Waals surface area (Å²) in [7, 11) is 2.04. The lowest BCUT2D eigenvalue weighted by Crippen LogP contribution is -2.39. The Morgan fingerprint density at radius 1 is 1.53 bits per heavy atom. The molecule has 0 aromatic heterocycles. The van der Waals surface area contributed by atoms with Crippen molar-refractivity contribution in [1.82, 2.24) is 4.90 Å². The first-order valence-electron chi connectivity index (χ1n) is 5.74. The molecule has 0 amide bonds. The summed E-state index contributed by atoms with van der Waals surface area (Å²) >= 11 is 3.44.